The normalized spacial score (nSPS) is 10.8. The number of aromatic nitrogens is 2. The van der Waals surface area contributed by atoms with Crippen molar-refractivity contribution in [3.8, 4) is 11.3 Å². The van der Waals surface area contributed by atoms with Crippen LogP contribution >= 0.6 is 15.9 Å². The second-order valence-corrected chi connectivity index (χ2v) is 4.49. The molecule has 0 aliphatic rings. The average molecular weight is 298 g/mol. The first-order valence-corrected chi connectivity index (χ1v) is 6.05. The highest BCUT2D eigenvalue weighted by molar-refractivity contribution is 9.10. The van der Waals surface area contributed by atoms with Gasteiger partial charge in [0, 0.05) is 12.6 Å². The van der Waals surface area contributed by atoms with Crippen LogP contribution in [0.5, 0.6) is 0 Å². The molecule has 0 saturated carbocycles. The zero-order valence-electron chi connectivity index (χ0n) is 9.67. The van der Waals surface area contributed by atoms with E-state index in [9.17, 15) is 4.39 Å². The van der Waals surface area contributed by atoms with E-state index in [1.54, 1.807) is 12.1 Å². The number of nitrogens with zero attached hydrogens (tertiary/aromatic N) is 2. The Morgan fingerprint density at radius 2 is 2.12 bits per heavy atom. The minimum absolute atomic E-state index is 0.243. The van der Waals surface area contributed by atoms with E-state index < -0.39 is 0 Å². The van der Waals surface area contributed by atoms with E-state index in [0.717, 1.165) is 11.5 Å². The van der Waals surface area contributed by atoms with Crippen LogP contribution in [0.3, 0.4) is 0 Å². The largest absolute Gasteiger partial charge is 0.329 e. The predicted molar refractivity (Wildman–Crippen MR) is 69.1 cm³/mol. The number of halogens is 2. The van der Waals surface area contributed by atoms with E-state index in [1.165, 1.54) is 6.07 Å². The van der Waals surface area contributed by atoms with Crippen molar-refractivity contribution in [3.63, 3.8) is 0 Å². The Hall–Kier alpha value is -1.20. The van der Waals surface area contributed by atoms with Crippen molar-refractivity contribution in [1.82, 2.24) is 14.9 Å². The van der Waals surface area contributed by atoms with Crippen molar-refractivity contribution < 1.29 is 4.39 Å². The molecule has 0 aliphatic carbocycles. The van der Waals surface area contributed by atoms with Gasteiger partial charge in [-0.25, -0.2) is 9.37 Å². The quantitative estimate of drug-likeness (QED) is 0.944. The van der Waals surface area contributed by atoms with E-state index in [2.05, 4.69) is 26.2 Å². The molecule has 2 aromatic rings. The Morgan fingerprint density at radius 1 is 1.41 bits per heavy atom. The molecule has 17 heavy (non-hydrogen) atoms. The van der Waals surface area contributed by atoms with E-state index in [1.807, 2.05) is 24.7 Å². The summed E-state index contributed by atoms with van der Waals surface area (Å²) in [7, 11) is 3.73. The van der Waals surface area contributed by atoms with Crippen LogP contribution in [0.15, 0.2) is 28.9 Å². The summed E-state index contributed by atoms with van der Waals surface area (Å²) in [6.45, 7) is 0.642. The number of hydrogen-bond donors (Lipinski definition) is 1. The molecule has 3 nitrogen and oxygen atoms in total. The van der Waals surface area contributed by atoms with E-state index in [0.29, 0.717) is 16.7 Å². The third-order valence-electron chi connectivity index (χ3n) is 2.61. The fourth-order valence-corrected chi connectivity index (χ4v) is 2.45. The highest BCUT2D eigenvalue weighted by atomic mass is 79.9. The monoisotopic (exact) mass is 297 g/mol. The van der Waals surface area contributed by atoms with Gasteiger partial charge in [-0.05, 0) is 35.1 Å². The zero-order valence-corrected chi connectivity index (χ0v) is 11.3. The van der Waals surface area contributed by atoms with Gasteiger partial charge in [0.05, 0.1) is 12.2 Å². The topological polar surface area (TPSA) is 29.9 Å². The Labute approximate surface area is 108 Å². The average Bonchev–Trinajstić information content (AvgIpc) is 2.57. The maximum absolute atomic E-state index is 13.8. The molecule has 0 atom stereocenters. The van der Waals surface area contributed by atoms with Gasteiger partial charge in [0.25, 0.3) is 0 Å². The molecular formula is C12H13BrFN3. The molecule has 2 rings (SSSR count). The molecule has 90 valence electrons. The van der Waals surface area contributed by atoms with E-state index in [4.69, 9.17) is 0 Å². The molecular weight excluding hydrogens is 285 g/mol. The minimum Gasteiger partial charge on any atom is -0.329 e. The standard InChI is InChI=1S/C12H13BrFN3/c1-15-7-10-16-12(13)11(17(10)2)8-5-3-4-6-9(8)14/h3-6,15H,7H2,1-2H3. The van der Waals surface area contributed by atoms with Gasteiger partial charge < -0.3 is 9.88 Å². The fraction of sp³-hybridized carbons (Fsp3) is 0.250. The van der Waals surface area contributed by atoms with Crippen LogP contribution in [0.1, 0.15) is 5.82 Å². The third kappa shape index (κ3) is 2.25. The zero-order chi connectivity index (χ0) is 12.4. The van der Waals surface area contributed by atoms with Crippen LogP contribution in [-0.4, -0.2) is 16.6 Å². The molecule has 0 unspecified atom stereocenters. The summed E-state index contributed by atoms with van der Waals surface area (Å²) in [6.07, 6.45) is 0. The number of benzene rings is 1. The summed E-state index contributed by atoms with van der Waals surface area (Å²) < 4.78 is 16.3. The van der Waals surface area contributed by atoms with Crippen molar-refractivity contribution in [2.45, 2.75) is 6.54 Å². The molecule has 0 radical (unpaired) electrons. The SMILES string of the molecule is CNCc1nc(Br)c(-c2ccccc2F)n1C. The van der Waals surface area contributed by atoms with Gasteiger partial charge in [-0.2, -0.15) is 0 Å². The fourth-order valence-electron chi connectivity index (χ4n) is 1.77. The molecule has 5 heteroatoms. The van der Waals surface area contributed by atoms with Gasteiger partial charge in [0.2, 0.25) is 0 Å². The highest BCUT2D eigenvalue weighted by Crippen LogP contribution is 2.30. The van der Waals surface area contributed by atoms with Gasteiger partial charge >= 0.3 is 0 Å². The first kappa shape index (κ1) is 12.3. The lowest BCUT2D eigenvalue weighted by Gasteiger charge is -2.06. The first-order valence-electron chi connectivity index (χ1n) is 5.25. The smallest absolute Gasteiger partial charge is 0.132 e. The molecule has 0 aliphatic heterocycles. The molecule has 1 N–H and O–H groups in total. The highest BCUT2D eigenvalue weighted by Gasteiger charge is 2.16. The van der Waals surface area contributed by atoms with E-state index >= 15 is 0 Å². The molecule has 0 bridgehead atoms. The van der Waals surface area contributed by atoms with Crippen LogP contribution in [-0.2, 0) is 13.6 Å². The number of hydrogen-bond acceptors (Lipinski definition) is 2. The number of nitrogens with one attached hydrogen (secondary N) is 1. The van der Waals surface area contributed by atoms with Crippen molar-refractivity contribution in [2.24, 2.45) is 7.05 Å². The Bertz CT molecular complexity index is 537. The van der Waals surface area contributed by atoms with Crippen molar-refractivity contribution >= 4 is 15.9 Å². The maximum Gasteiger partial charge on any atom is 0.132 e. The summed E-state index contributed by atoms with van der Waals surface area (Å²) >= 11 is 3.38. The number of imidazole rings is 1. The predicted octanol–water partition coefficient (Wildman–Crippen LogP) is 2.71. The third-order valence-corrected chi connectivity index (χ3v) is 3.16. The molecule has 0 amide bonds. The summed E-state index contributed by atoms with van der Waals surface area (Å²) in [5.41, 5.74) is 1.31. The lowest BCUT2D eigenvalue weighted by atomic mass is 10.1. The molecule has 0 fully saturated rings. The van der Waals surface area contributed by atoms with Crippen LogP contribution < -0.4 is 5.32 Å². The first-order chi connectivity index (χ1) is 8.15. The minimum atomic E-state index is -0.243. The van der Waals surface area contributed by atoms with Crippen molar-refractivity contribution in [1.29, 1.82) is 0 Å². The maximum atomic E-state index is 13.8. The number of rotatable bonds is 3. The van der Waals surface area contributed by atoms with Gasteiger partial charge in [-0.1, -0.05) is 12.1 Å². The molecule has 1 aromatic heterocycles. The summed E-state index contributed by atoms with van der Waals surface area (Å²) in [5, 5.41) is 3.03. The van der Waals surface area contributed by atoms with Crippen molar-refractivity contribution in [3.05, 3.63) is 40.5 Å². The van der Waals surface area contributed by atoms with E-state index in [-0.39, 0.29) is 5.82 Å². The Morgan fingerprint density at radius 3 is 2.76 bits per heavy atom. The second kappa shape index (κ2) is 4.98. The summed E-state index contributed by atoms with van der Waals surface area (Å²) in [6, 6.07) is 6.69. The summed E-state index contributed by atoms with van der Waals surface area (Å²) in [4.78, 5) is 4.37. The lowest BCUT2D eigenvalue weighted by Crippen LogP contribution is -2.10. The molecule has 0 spiro atoms. The van der Waals surface area contributed by atoms with Gasteiger partial charge in [0.15, 0.2) is 0 Å². The molecule has 1 aromatic carbocycles. The van der Waals surface area contributed by atoms with Crippen LogP contribution in [0.2, 0.25) is 0 Å². The molecule has 0 saturated heterocycles. The van der Waals surface area contributed by atoms with Gasteiger partial charge in [-0.3, -0.25) is 0 Å². The van der Waals surface area contributed by atoms with Gasteiger partial charge in [-0.15, -0.1) is 0 Å². The Balaban J connectivity index is 2.56. The van der Waals surface area contributed by atoms with Crippen molar-refractivity contribution in [2.75, 3.05) is 7.05 Å². The van der Waals surface area contributed by atoms with Gasteiger partial charge in [0.1, 0.15) is 16.2 Å². The van der Waals surface area contributed by atoms with Crippen LogP contribution in [0, 0.1) is 5.82 Å². The second-order valence-electron chi connectivity index (χ2n) is 3.74. The van der Waals surface area contributed by atoms with Crippen LogP contribution in [0.25, 0.3) is 11.3 Å². The molecule has 1 heterocycles. The summed E-state index contributed by atoms with van der Waals surface area (Å²) in [5.74, 6) is 0.616. The van der Waals surface area contributed by atoms with Crippen LogP contribution in [0.4, 0.5) is 4.39 Å². The Kier molecular flexibility index (Phi) is 3.59. The lowest BCUT2D eigenvalue weighted by molar-refractivity contribution is 0.628.